The van der Waals surface area contributed by atoms with Gasteiger partial charge in [0, 0.05) is 23.0 Å². The molecule has 0 saturated carbocycles. The van der Waals surface area contributed by atoms with E-state index in [-0.39, 0.29) is 0 Å². The molecule has 1 aromatic heterocycles. The van der Waals surface area contributed by atoms with Crippen molar-refractivity contribution in [1.29, 1.82) is 0 Å². The van der Waals surface area contributed by atoms with Gasteiger partial charge in [-0.2, -0.15) is 0 Å². The van der Waals surface area contributed by atoms with Crippen molar-refractivity contribution < 1.29 is 4.79 Å². The van der Waals surface area contributed by atoms with E-state index in [1.807, 2.05) is 12.1 Å². The number of aromatic nitrogens is 1. The van der Waals surface area contributed by atoms with Crippen LogP contribution >= 0.6 is 0 Å². The van der Waals surface area contributed by atoms with E-state index in [0.29, 0.717) is 6.42 Å². The molecule has 0 saturated heterocycles. The first-order valence-corrected chi connectivity index (χ1v) is 4.74. The van der Waals surface area contributed by atoms with E-state index in [2.05, 4.69) is 24.9 Å². The highest BCUT2D eigenvalue weighted by Gasteiger charge is 2.04. The Hall–Kier alpha value is -1.57. The number of aromatic amines is 1. The molecule has 1 N–H and O–H groups in total. The molecule has 1 aromatic carbocycles. The molecular weight excluding hydrogens is 174 g/mol. The van der Waals surface area contributed by atoms with Gasteiger partial charge in [-0.05, 0) is 37.1 Å². The quantitative estimate of drug-likeness (QED) is 0.720. The van der Waals surface area contributed by atoms with Gasteiger partial charge in [0.1, 0.15) is 6.29 Å². The van der Waals surface area contributed by atoms with Crippen LogP contribution < -0.4 is 0 Å². The Morgan fingerprint density at radius 3 is 2.86 bits per heavy atom. The number of benzene rings is 1. The summed E-state index contributed by atoms with van der Waals surface area (Å²) in [6.07, 6.45) is 1.44. The van der Waals surface area contributed by atoms with Crippen molar-refractivity contribution in [2.45, 2.75) is 20.3 Å². The summed E-state index contributed by atoms with van der Waals surface area (Å²) in [4.78, 5) is 13.7. The minimum absolute atomic E-state index is 0.500. The first kappa shape index (κ1) is 9.00. The number of aldehydes is 1. The van der Waals surface area contributed by atoms with Crippen molar-refractivity contribution >= 4 is 17.2 Å². The van der Waals surface area contributed by atoms with Gasteiger partial charge in [0.2, 0.25) is 0 Å². The molecule has 0 aliphatic carbocycles. The average molecular weight is 187 g/mol. The predicted octanol–water partition coefficient (Wildman–Crippen LogP) is 2.53. The second-order valence-electron chi connectivity index (χ2n) is 3.63. The highest BCUT2D eigenvalue weighted by Crippen LogP contribution is 2.22. The smallest absolute Gasteiger partial charge is 0.124 e. The summed E-state index contributed by atoms with van der Waals surface area (Å²) in [6, 6.07) is 6.11. The van der Waals surface area contributed by atoms with Crippen LogP contribution in [0.3, 0.4) is 0 Å². The van der Waals surface area contributed by atoms with Crippen LogP contribution in [0, 0.1) is 13.8 Å². The molecule has 0 amide bonds. The van der Waals surface area contributed by atoms with Crippen LogP contribution in [-0.4, -0.2) is 11.3 Å². The largest absolute Gasteiger partial charge is 0.358 e. The van der Waals surface area contributed by atoms with Crippen LogP contribution in [0.1, 0.15) is 16.8 Å². The maximum absolute atomic E-state index is 10.4. The zero-order valence-corrected chi connectivity index (χ0v) is 8.42. The summed E-state index contributed by atoms with van der Waals surface area (Å²) in [5, 5.41) is 1.22. The Bertz CT molecular complexity index is 482. The molecule has 0 radical (unpaired) electrons. The minimum atomic E-state index is 0.500. The lowest BCUT2D eigenvalue weighted by molar-refractivity contribution is -0.107. The van der Waals surface area contributed by atoms with Gasteiger partial charge in [-0.25, -0.2) is 0 Å². The molecule has 0 atom stereocenters. The summed E-state index contributed by atoms with van der Waals surface area (Å²) in [7, 11) is 0. The topological polar surface area (TPSA) is 32.9 Å². The van der Waals surface area contributed by atoms with E-state index < -0.39 is 0 Å². The Morgan fingerprint density at radius 1 is 1.36 bits per heavy atom. The van der Waals surface area contributed by atoms with Gasteiger partial charge in [0.15, 0.2) is 0 Å². The Balaban J connectivity index is 2.63. The first-order valence-electron chi connectivity index (χ1n) is 4.74. The second-order valence-corrected chi connectivity index (χ2v) is 3.63. The maximum Gasteiger partial charge on any atom is 0.124 e. The molecule has 2 nitrogen and oxygen atoms in total. The molecule has 0 bridgehead atoms. The molecule has 2 heteroatoms. The maximum atomic E-state index is 10.4. The van der Waals surface area contributed by atoms with Gasteiger partial charge in [-0.1, -0.05) is 6.07 Å². The van der Waals surface area contributed by atoms with E-state index in [4.69, 9.17) is 0 Å². The lowest BCUT2D eigenvalue weighted by Crippen LogP contribution is -1.84. The van der Waals surface area contributed by atoms with Gasteiger partial charge in [0.05, 0.1) is 0 Å². The third kappa shape index (κ3) is 1.33. The molecule has 14 heavy (non-hydrogen) atoms. The van der Waals surface area contributed by atoms with Crippen LogP contribution in [0.15, 0.2) is 18.2 Å². The number of rotatable bonds is 2. The number of H-pyrrole nitrogens is 1. The van der Waals surface area contributed by atoms with E-state index in [0.717, 1.165) is 17.4 Å². The number of hydrogen-bond donors (Lipinski definition) is 1. The average Bonchev–Trinajstić information content (AvgIpc) is 2.45. The number of aryl methyl sites for hydroxylation is 2. The van der Waals surface area contributed by atoms with Crippen molar-refractivity contribution in [3.8, 4) is 0 Å². The Kier molecular flexibility index (Phi) is 2.12. The van der Waals surface area contributed by atoms with E-state index in [1.165, 1.54) is 16.6 Å². The summed E-state index contributed by atoms with van der Waals surface area (Å²) in [5.41, 5.74) is 4.69. The highest BCUT2D eigenvalue weighted by molar-refractivity contribution is 5.85. The zero-order valence-electron chi connectivity index (χ0n) is 8.42. The van der Waals surface area contributed by atoms with Crippen molar-refractivity contribution in [3.63, 3.8) is 0 Å². The fourth-order valence-corrected chi connectivity index (χ4v) is 1.73. The van der Waals surface area contributed by atoms with Crippen LogP contribution in [0.5, 0.6) is 0 Å². The Morgan fingerprint density at radius 2 is 2.14 bits per heavy atom. The van der Waals surface area contributed by atoms with E-state index >= 15 is 0 Å². The van der Waals surface area contributed by atoms with Crippen LogP contribution in [0.4, 0.5) is 0 Å². The Labute approximate surface area is 82.9 Å². The summed E-state index contributed by atoms with van der Waals surface area (Å²) in [6.45, 7) is 4.16. The van der Waals surface area contributed by atoms with Crippen molar-refractivity contribution in [1.82, 2.24) is 4.98 Å². The van der Waals surface area contributed by atoms with E-state index in [1.54, 1.807) is 0 Å². The lowest BCUT2D eigenvalue weighted by atomic mass is 10.1. The lowest BCUT2D eigenvalue weighted by Gasteiger charge is -1.96. The van der Waals surface area contributed by atoms with Crippen molar-refractivity contribution in [2.24, 2.45) is 0 Å². The third-order valence-electron chi connectivity index (χ3n) is 2.69. The molecule has 0 aliphatic heterocycles. The third-order valence-corrected chi connectivity index (χ3v) is 2.69. The summed E-state index contributed by atoms with van der Waals surface area (Å²) in [5.74, 6) is 0. The molecule has 2 rings (SSSR count). The summed E-state index contributed by atoms with van der Waals surface area (Å²) < 4.78 is 0. The van der Waals surface area contributed by atoms with Crippen LogP contribution in [0.2, 0.25) is 0 Å². The van der Waals surface area contributed by atoms with Gasteiger partial charge < -0.3 is 9.78 Å². The number of carbonyl (C=O) groups is 1. The molecule has 72 valence electrons. The molecule has 2 aromatic rings. The fourth-order valence-electron chi connectivity index (χ4n) is 1.73. The van der Waals surface area contributed by atoms with Crippen LogP contribution in [-0.2, 0) is 11.2 Å². The molecular formula is C12H13NO. The number of fused-ring (bicyclic) bond motifs is 1. The number of hydrogen-bond acceptors (Lipinski definition) is 1. The molecule has 1 heterocycles. The van der Waals surface area contributed by atoms with Gasteiger partial charge in [-0.15, -0.1) is 0 Å². The minimum Gasteiger partial charge on any atom is -0.358 e. The number of carbonyl (C=O) groups excluding carboxylic acids is 1. The van der Waals surface area contributed by atoms with Gasteiger partial charge >= 0.3 is 0 Å². The van der Waals surface area contributed by atoms with Gasteiger partial charge in [-0.3, -0.25) is 0 Å². The van der Waals surface area contributed by atoms with Crippen molar-refractivity contribution in [2.75, 3.05) is 0 Å². The molecule has 0 fully saturated rings. The van der Waals surface area contributed by atoms with Crippen molar-refractivity contribution in [3.05, 3.63) is 35.0 Å². The highest BCUT2D eigenvalue weighted by atomic mass is 16.1. The van der Waals surface area contributed by atoms with Crippen LogP contribution in [0.25, 0.3) is 10.9 Å². The monoisotopic (exact) mass is 187 g/mol. The zero-order chi connectivity index (χ0) is 10.1. The fraction of sp³-hybridized carbons (Fsp3) is 0.250. The molecule has 0 unspecified atom stereocenters. The molecule has 0 spiro atoms. The first-order chi connectivity index (χ1) is 6.72. The standard InChI is InChI=1S/C12H13NO/c1-8-9(2)13-12-4-3-10(5-6-14)7-11(8)12/h3-4,6-7,13H,5H2,1-2H3. The predicted molar refractivity (Wildman–Crippen MR) is 57.5 cm³/mol. The SMILES string of the molecule is Cc1[nH]c2ccc(CC=O)cc2c1C. The second kappa shape index (κ2) is 3.29. The van der Waals surface area contributed by atoms with Gasteiger partial charge in [0.25, 0.3) is 0 Å². The normalized spacial score (nSPS) is 10.7. The number of nitrogens with one attached hydrogen (secondary N) is 1. The molecule has 0 aliphatic rings. The summed E-state index contributed by atoms with van der Waals surface area (Å²) >= 11 is 0. The van der Waals surface area contributed by atoms with E-state index in [9.17, 15) is 4.79 Å².